The van der Waals surface area contributed by atoms with Gasteiger partial charge in [0, 0.05) is 25.6 Å². The van der Waals surface area contributed by atoms with Crippen LogP contribution >= 0.6 is 24.0 Å². The molecular formula is C14H17Cl2F3N2O2. The summed E-state index contributed by atoms with van der Waals surface area (Å²) in [4.78, 5) is 11.0. The van der Waals surface area contributed by atoms with Crippen molar-refractivity contribution in [1.29, 1.82) is 0 Å². The van der Waals surface area contributed by atoms with Crippen molar-refractivity contribution in [3.05, 3.63) is 34.6 Å². The zero-order chi connectivity index (χ0) is 16.1. The van der Waals surface area contributed by atoms with Gasteiger partial charge in [0.1, 0.15) is 5.82 Å². The van der Waals surface area contributed by atoms with E-state index in [0.29, 0.717) is 25.3 Å². The van der Waals surface area contributed by atoms with Crippen LogP contribution in [-0.2, 0) is 9.53 Å². The monoisotopic (exact) mass is 372 g/mol. The smallest absolute Gasteiger partial charge is 0.315 e. The first kappa shape index (κ1) is 20.0. The summed E-state index contributed by atoms with van der Waals surface area (Å²) in [7, 11) is 0. The lowest BCUT2D eigenvalue weighted by Gasteiger charge is -2.25. The van der Waals surface area contributed by atoms with Gasteiger partial charge in [-0.25, -0.2) is 4.39 Å². The highest BCUT2D eigenvalue weighted by molar-refractivity contribution is 6.30. The quantitative estimate of drug-likeness (QED) is 0.853. The van der Waals surface area contributed by atoms with Crippen LogP contribution in [0.5, 0.6) is 0 Å². The number of rotatable bonds is 4. The molecule has 4 nitrogen and oxygen atoms in total. The maximum absolute atomic E-state index is 13.6. The zero-order valence-corrected chi connectivity index (χ0v) is 13.6. The van der Waals surface area contributed by atoms with Crippen molar-refractivity contribution in [1.82, 2.24) is 10.6 Å². The van der Waals surface area contributed by atoms with Crippen molar-refractivity contribution in [2.75, 3.05) is 26.2 Å². The minimum absolute atomic E-state index is 0. The first-order valence-electron chi connectivity index (χ1n) is 6.82. The number of hydrogen-bond donors (Lipinski definition) is 2. The average Bonchev–Trinajstić information content (AvgIpc) is 2.73. The van der Waals surface area contributed by atoms with Crippen LogP contribution in [0, 0.1) is 11.7 Å². The van der Waals surface area contributed by atoms with Crippen LogP contribution in [-0.4, -0.2) is 38.6 Å². The molecule has 0 bridgehead atoms. The molecule has 0 aromatic heterocycles. The molecule has 2 rings (SSSR count). The highest BCUT2D eigenvalue weighted by Gasteiger charge is 2.28. The van der Waals surface area contributed by atoms with E-state index in [0.717, 1.165) is 0 Å². The summed E-state index contributed by atoms with van der Waals surface area (Å²) in [6.45, 7) is 1.45. The van der Waals surface area contributed by atoms with E-state index in [1.807, 2.05) is 0 Å². The first-order chi connectivity index (χ1) is 10.5. The minimum atomic E-state index is -3.06. The second-order valence-electron chi connectivity index (χ2n) is 4.97. The molecule has 1 amide bonds. The van der Waals surface area contributed by atoms with Crippen molar-refractivity contribution in [2.24, 2.45) is 5.92 Å². The SMILES string of the molecule is Cl.O=C(NC[C@@H]1CNCCO[C@H]1c1ccc(Cl)c(F)c1)C(F)F. The number of halogens is 5. The van der Waals surface area contributed by atoms with Gasteiger partial charge in [-0.15, -0.1) is 12.4 Å². The van der Waals surface area contributed by atoms with Crippen molar-refractivity contribution in [2.45, 2.75) is 12.5 Å². The maximum atomic E-state index is 13.6. The Balaban J connectivity index is 0.00000264. The Bertz CT molecular complexity index is 535. The van der Waals surface area contributed by atoms with Crippen molar-refractivity contribution in [3.63, 3.8) is 0 Å². The Morgan fingerprint density at radius 3 is 2.87 bits per heavy atom. The van der Waals surface area contributed by atoms with E-state index < -0.39 is 24.3 Å². The van der Waals surface area contributed by atoms with E-state index in [9.17, 15) is 18.0 Å². The summed E-state index contributed by atoms with van der Waals surface area (Å²) in [6, 6.07) is 4.31. The molecule has 0 aliphatic carbocycles. The molecule has 1 fully saturated rings. The number of carbonyl (C=O) groups is 1. The molecule has 1 aliphatic rings. The van der Waals surface area contributed by atoms with Gasteiger partial charge in [-0.2, -0.15) is 8.78 Å². The lowest BCUT2D eigenvalue weighted by atomic mass is 9.95. The number of carbonyl (C=O) groups excluding carboxylic acids is 1. The zero-order valence-electron chi connectivity index (χ0n) is 12.0. The second kappa shape index (κ2) is 9.32. The fourth-order valence-electron chi connectivity index (χ4n) is 2.33. The molecule has 23 heavy (non-hydrogen) atoms. The molecule has 2 atom stereocenters. The summed E-state index contributed by atoms with van der Waals surface area (Å²) in [5.74, 6) is -2.20. The molecule has 130 valence electrons. The Labute approximate surface area is 143 Å². The maximum Gasteiger partial charge on any atom is 0.315 e. The number of benzene rings is 1. The summed E-state index contributed by atoms with van der Waals surface area (Å²) in [6.07, 6.45) is -3.58. The van der Waals surface area contributed by atoms with Gasteiger partial charge in [0.15, 0.2) is 0 Å². The molecule has 9 heteroatoms. The Kier molecular flexibility index (Phi) is 8.11. The van der Waals surface area contributed by atoms with E-state index in [-0.39, 0.29) is 29.9 Å². The molecule has 0 radical (unpaired) electrons. The Hall–Kier alpha value is -1.02. The number of hydrogen-bond acceptors (Lipinski definition) is 3. The molecule has 2 N–H and O–H groups in total. The number of amides is 1. The van der Waals surface area contributed by atoms with Gasteiger partial charge in [0.05, 0.1) is 17.7 Å². The predicted molar refractivity (Wildman–Crippen MR) is 82.7 cm³/mol. The number of nitrogens with one attached hydrogen (secondary N) is 2. The van der Waals surface area contributed by atoms with Crippen LogP contribution in [0.4, 0.5) is 13.2 Å². The molecule has 1 aromatic carbocycles. The lowest BCUT2D eigenvalue weighted by Crippen LogP contribution is -2.38. The van der Waals surface area contributed by atoms with Crippen LogP contribution in [0.3, 0.4) is 0 Å². The van der Waals surface area contributed by atoms with E-state index in [1.54, 1.807) is 6.07 Å². The summed E-state index contributed by atoms with van der Waals surface area (Å²) < 4.78 is 43.8. The van der Waals surface area contributed by atoms with Crippen molar-refractivity contribution >= 4 is 29.9 Å². The van der Waals surface area contributed by atoms with Crippen LogP contribution < -0.4 is 10.6 Å². The topological polar surface area (TPSA) is 50.4 Å². The largest absolute Gasteiger partial charge is 0.372 e. The first-order valence-corrected chi connectivity index (χ1v) is 7.20. The van der Waals surface area contributed by atoms with Gasteiger partial charge in [0.25, 0.3) is 5.91 Å². The summed E-state index contributed by atoms with van der Waals surface area (Å²) in [5, 5.41) is 5.27. The molecule has 0 unspecified atom stereocenters. The normalized spacial score (nSPS) is 21.4. The Morgan fingerprint density at radius 2 is 2.22 bits per heavy atom. The third kappa shape index (κ3) is 5.53. The minimum Gasteiger partial charge on any atom is -0.372 e. The third-order valence-electron chi connectivity index (χ3n) is 3.42. The van der Waals surface area contributed by atoms with Gasteiger partial charge in [-0.05, 0) is 17.7 Å². The lowest BCUT2D eigenvalue weighted by molar-refractivity contribution is -0.132. The van der Waals surface area contributed by atoms with Crippen molar-refractivity contribution in [3.8, 4) is 0 Å². The summed E-state index contributed by atoms with van der Waals surface area (Å²) >= 11 is 5.66. The van der Waals surface area contributed by atoms with Gasteiger partial charge in [-0.1, -0.05) is 17.7 Å². The van der Waals surface area contributed by atoms with E-state index in [4.69, 9.17) is 16.3 Å². The van der Waals surface area contributed by atoms with Crippen LogP contribution in [0.25, 0.3) is 0 Å². The molecular weight excluding hydrogens is 356 g/mol. The van der Waals surface area contributed by atoms with E-state index in [1.165, 1.54) is 12.1 Å². The van der Waals surface area contributed by atoms with Gasteiger partial charge in [0.2, 0.25) is 0 Å². The standard InChI is InChI=1S/C14H16ClF3N2O2.ClH/c15-10-2-1-8(5-11(10)16)12-9(6-19-3-4-22-12)7-20-14(21)13(17)18;/h1-2,5,9,12-13,19H,3-4,6-7H2,(H,20,21);1H/t9-,12-;/m0./s1. The highest BCUT2D eigenvalue weighted by Crippen LogP contribution is 2.29. The van der Waals surface area contributed by atoms with E-state index in [2.05, 4.69) is 10.6 Å². The molecule has 0 saturated carbocycles. The second-order valence-corrected chi connectivity index (χ2v) is 5.38. The predicted octanol–water partition coefficient (Wildman–Crippen LogP) is 2.56. The van der Waals surface area contributed by atoms with E-state index >= 15 is 0 Å². The van der Waals surface area contributed by atoms with Gasteiger partial charge < -0.3 is 15.4 Å². The average molecular weight is 373 g/mol. The van der Waals surface area contributed by atoms with Crippen molar-refractivity contribution < 1.29 is 22.7 Å². The molecule has 1 heterocycles. The third-order valence-corrected chi connectivity index (χ3v) is 3.73. The molecule has 1 aliphatic heterocycles. The highest BCUT2D eigenvalue weighted by atomic mass is 35.5. The molecule has 1 saturated heterocycles. The molecule has 1 aromatic rings. The fourth-order valence-corrected chi connectivity index (χ4v) is 2.45. The van der Waals surface area contributed by atoms with Crippen LogP contribution in [0.1, 0.15) is 11.7 Å². The Morgan fingerprint density at radius 1 is 1.48 bits per heavy atom. The van der Waals surface area contributed by atoms with Crippen LogP contribution in [0.2, 0.25) is 5.02 Å². The van der Waals surface area contributed by atoms with Gasteiger partial charge >= 0.3 is 6.43 Å². The summed E-state index contributed by atoms with van der Waals surface area (Å²) in [5.41, 5.74) is 0.557. The number of alkyl halides is 2. The van der Waals surface area contributed by atoms with Gasteiger partial charge in [-0.3, -0.25) is 4.79 Å². The van der Waals surface area contributed by atoms with Crippen LogP contribution in [0.15, 0.2) is 18.2 Å². The number of ether oxygens (including phenoxy) is 1. The molecule has 0 spiro atoms. The fraction of sp³-hybridized carbons (Fsp3) is 0.500.